The molecule has 2 amide bonds. The van der Waals surface area contributed by atoms with Gasteiger partial charge < -0.3 is 20.7 Å². The van der Waals surface area contributed by atoms with Crippen molar-refractivity contribution in [2.24, 2.45) is 0 Å². The van der Waals surface area contributed by atoms with Gasteiger partial charge in [-0.25, -0.2) is 21.6 Å². The summed E-state index contributed by atoms with van der Waals surface area (Å²) in [5, 5.41) is 7.73. The van der Waals surface area contributed by atoms with Crippen LogP contribution in [0, 0.1) is 12.8 Å². The first-order valence-electron chi connectivity index (χ1n) is 16.5. The zero-order valence-electron chi connectivity index (χ0n) is 30.9. The summed E-state index contributed by atoms with van der Waals surface area (Å²) in [6.07, 6.45) is 19.6. The smallest absolute Gasteiger partial charge is 0.243 e. The average molecular weight is 727 g/mol. The molecule has 49 heavy (non-hydrogen) atoms. The monoisotopic (exact) mass is 726 g/mol. The molecule has 13 heteroatoms. The number of methoxy groups -OCH3 is 1. The van der Waals surface area contributed by atoms with Gasteiger partial charge in [-0.05, 0) is 57.4 Å². The number of hydrogen-bond donors (Lipinski definition) is 4. The number of ether oxygens (including phenoxy) is 1. The highest BCUT2D eigenvalue weighted by Crippen LogP contribution is 2.17. The maximum Gasteiger partial charge on any atom is 0.243 e. The van der Waals surface area contributed by atoms with Crippen LogP contribution < -0.4 is 25.4 Å². The minimum absolute atomic E-state index is 0.269. The van der Waals surface area contributed by atoms with Crippen molar-refractivity contribution in [3.8, 4) is 18.6 Å². The van der Waals surface area contributed by atoms with Crippen LogP contribution in [0.15, 0.2) is 60.7 Å². The number of carbonyl (C=O) groups excluding carboxylic acids is 2. The van der Waals surface area contributed by atoms with Gasteiger partial charge in [-0.3, -0.25) is 9.59 Å². The summed E-state index contributed by atoms with van der Waals surface area (Å²) in [5.74, 6) is -1.21. The van der Waals surface area contributed by atoms with Crippen molar-refractivity contribution in [2.45, 2.75) is 91.5 Å². The first kappa shape index (κ1) is 49.9. The predicted octanol–water partition coefficient (Wildman–Crippen LogP) is 4.68. The Balaban J connectivity index is -0.00000152. The molecule has 0 aliphatic carbocycles. The third kappa shape index (κ3) is 27.1. The van der Waals surface area contributed by atoms with Crippen LogP contribution in [0.4, 0.5) is 0 Å². The standard InChI is InChI=1S/C24H42N4O7S2.C8H12.C2H6.C2H2/c1-5-9-21(10-6-2)37(33,34)18-22(28-23(29)17-27-36(4,31)32)24(30)26-14-8-13-25-16-19-11-7-12-20(15-19)35-3;1-4-6-7-8(3)5-2;2*1-2/h7,11-12,15,21-22,25,27H,5-6,8-10,13-14,16-18H2,1-4H3,(H,26,30)(H,28,29);4-7H,2H2,1,3H3;1-2H3;1-2H/b;6-4-,8-7-;;. The van der Waals surface area contributed by atoms with E-state index in [9.17, 15) is 26.4 Å². The second kappa shape index (κ2) is 30.6. The predicted molar refractivity (Wildman–Crippen MR) is 205 cm³/mol. The van der Waals surface area contributed by atoms with Gasteiger partial charge in [0.1, 0.15) is 11.8 Å². The molecule has 0 heterocycles. The van der Waals surface area contributed by atoms with Gasteiger partial charge in [-0.2, -0.15) is 0 Å². The summed E-state index contributed by atoms with van der Waals surface area (Å²) >= 11 is 0. The van der Waals surface area contributed by atoms with Gasteiger partial charge in [0.05, 0.1) is 30.9 Å². The molecular weight excluding hydrogens is 665 g/mol. The number of carbonyl (C=O) groups is 2. The molecule has 0 aromatic heterocycles. The number of sulfone groups is 1. The number of allylic oxidation sites excluding steroid dienone is 5. The first-order valence-corrected chi connectivity index (χ1v) is 20.2. The normalized spacial score (nSPS) is 11.9. The Morgan fingerprint density at radius 3 is 2.16 bits per heavy atom. The lowest BCUT2D eigenvalue weighted by Crippen LogP contribution is -2.53. The van der Waals surface area contributed by atoms with Crippen LogP contribution >= 0.6 is 0 Å². The van der Waals surface area contributed by atoms with Gasteiger partial charge in [-0.1, -0.05) is 89.1 Å². The zero-order valence-corrected chi connectivity index (χ0v) is 32.5. The summed E-state index contributed by atoms with van der Waals surface area (Å²) < 4.78 is 55.9. The second-order valence-electron chi connectivity index (χ2n) is 10.6. The van der Waals surface area contributed by atoms with Crippen LogP contribution in [0.25, 0.3) is 0 Å². The van der Waals surface area contributed by atoms with Gasteiger partial charge >= 0.3 is 0 Å². The van der Waals surface area contributed by atoms with Gasteiger partial charge in [-0.15, -0.1) is 12.8 Å². The molecular formula is C36H62N4O7S2. The molecule has 1 atom stereocenters. The van der Waals surface area contributed by atoms with E-state index in [1.165, 1.54) is 5.57 Å². The van der Waals surface area contributed by atoms with E-state index in [-0.39, 0.29) is 6.54 Å². The number of terminal acetylenes is 1. The van der Waals surface area contributed by atoms with Crippen LogP contribution in [0.1, 0.15) is 79.2 Å². The number of nitrogens with one attached hydrogen (secondary N) is 4. The molecule has 0 radical (unpaired) electrons. The summed E-state index contributed by atoms with van der Waals surface area (Å²) in [4.78, 5) is 25.1. The van der Waals surface area contributed by atoms with E-state index >= 15 is 0 Å². The van der Waals surface area contributed by atoms with Gasteiger partial charge in [0.25, 0.3) is 0 Å². The summed E-state index contributed by atoms with van der Waals surface area (Å²) in [6.45, 7) is 16.3. The van der Waals surface area contributed by atoms with Crippen LogP contribution in [-0.2, 0) is 36.0 Å². The Bertz CT molecular complexity index is 1350. The number of hydrogen-bond acceptors (Lipinski definition) is 8. The van der Waals surface area contributed by atoms with E-state index < -0.39 is 55.3 Å². The third-order valence-corrected chi connectivity index (χ3v) is 9.39. The summed E-state index contributed by atoms with van der Waals surface area (Å²) in [7, 11) is -5.72. The fraction of sp³-hybridized carbons (Fsp3) is 0.556. The molecule has 0 saturated carbocycles. The molecule has 1 aromatic carbocycles. The number of rotatable bonds is 21. The fourth-order valence-electron chi connectivity index (χ4n) is 4.02. The topological polar surface area (TPSA) is 160 Å². The number of sulfonamides is 1. The van der Waals surface area contributed by atoms with Gasteiger partial charge in [0.2, 0.25) is 21.8 Å². The van der Waals surface area contributed by atoms with Crippen molar-refractivity contribution in [3.63, 3.8) is 0 Å². The van der Waals surface area contributed by atoms with Crippen molar-refractivity contribution < 1.29 is 31.2 Å². The molecule has 0 bridgehead atoms. The molecule has 1 unspecified atom stereocenters. The van der Waals surface area contributed by atoms with E-state index in [0.717, 1.165) is 17.6 Å². The van der Waals surface area contributed by atoms with Crippen molar-refractivity contribution in [3.05, 3.63) is 66.3 Å². The molecule has 4 N–H and O–H groups in total. The van der Waals surface area contributed by atoms with Crippen molar-refractivity contribution in [1.29, 1.82) is 0 Å². The lowest BCUT2D eigenvalue weighted by molar-refractivity contribution is -0.127. The van der Waals surface area contributed by atoms with Crippen LogP contribution in [0.5, 0.6) is 5.75 Å². The molecule has 11 nitrogen and oxygen atoms in total. The highest BCUT2D eigenvalue weighted by molar-refractivity contribution is 7.92. The van der Waals surface area contributed by atoms with E-state index in [1.807, 2.05) is 94.8 Å². The lowest BCUT2D eigenvalue weighted by Gasteiger charge is -2.22. The molecule has 280 valence electrons. The summed E-state index contributed by atoms with van der Waals surface area (Å²) in [6, 6.07) is 6.31. The second-order valence-corrected chi connectivity index (χ2v) is 14.7. The molecule has 0 saturated heterocycles. The van der Waals surface area contributed by atoms with Gasteiger partial charge in [0, 0.05) is 13.1 Å². The first-order chi connectivity index (χ1) is 23.2. The van der Waals surface area contributed by atoms with E-state index in [4.69, 9.17) is 4.74 Å². The molecule has 0 spiro atoms. The molecule has 1 rings (SSSR count). The third-order valence-electron chi connectivity index (χ3n) is 6.44. The number of benzene rings is 1. The molecule has 1 aromatic rings. The van der Waals surface area contributed by atoms with E-state index in [0.29, 0.717) is 45.2 Å². The maximum atomic E-state index is 13.1. The van der Waals surface area contributed by atoms with Crippen LogP contribution in [-0.4, -0.2) is 78.7 Å². The SMILES string of the molecule is C#C.C=C/C(C)=C\C=C/C.CC.CCCC(CCC)S(=O)(=O)CC(NC(=O)CNS(C)(=O)=O)C(=O)NCCCNCc1cccc(OC)c1. The minimum Gasteiger partial charge on any atom is -0.497 e. The van der Waals surface area contributed by atoms with Crippen molar-refractivity contribution >= 4 is 31.7 Å². The fourth-order valence-corrected chi connectivity index (χ4v) is 6.57. The van der Waals surface area contributed by atoms with Gasteiger partial charge in [0.15, 0.2) is 9.84 Å². The Morgan fingerprint density at radius 1 is 1.04 bits per heavy atom. The molecule has 0 aliphatic rings. The molecule has 0 aliphatic heterocycles. The summed E-state index contributed by atoms with van der Waals surface area (Å²) in [5.41, 5.74) is 2.25. The van der Waals surface area contributed by atoms with Crippen molar-refractivity contribution in [2.75, 3.05) is 38.8 Å². The zero-order chi connectivity index (χ0) is 38.3. The highest BCUT2D eigenvalue weighted by Gasteiger charge is 2.32. The Kier molecular flexibility index (Phi) is 31.2. The Labute approximate surface area is 297 Å². The Hall–Kier alpha value is -3.44. The molecule has 0 fully saturated rings. The largest absolute Gasteiger partial charge is 0.497 e. The van der Waals surface area contributed by atoms with E-state index in [2.05, 4.69) is 35.4 Å². The lowest BCUT2D eigenvalue weighted by atomic mass is 10.2. The average Bonchev–Trinajstić information content (AvgIpc) is 3.09. The maximum absolute atomic E-state index is 13.1. The minimum atomic E-state index is -3.69. The van der Waals surface area contributed by atoms with Crippen LogP contribution in [0.2, 0.25) is 0 Å². The van der Waals surface area contributed by atoms with E-state index in [1.54, 1.807) is 7.11 Å². The number of amides is 2. The highest BCUT2D eigenvalue weighted by atomic mass is 32.2. The van der Waals surface area contributed by atoms with Crippen molar-refractivity contribution in [1.82, 2.24) is 20.7 Å². The Morgan fingerprint density at radius 2 is 1.65 bits per heavy atom. The van der Waals surface area contributed by atoms with Crippen LogP contribution in [0.3, 0.4) is 0 Å². The quantitative estimate of drug-likeness (QED) is 0.0808.